The molecule has 2 aliphatic carbocycles. The molecule has 1 saturated carbocycles. The van der Waals surface area contributed by atoms with Crippen molar-refractivity contribution in [3.8, 4) is 5.75 Å². The molecule has 3 fully saturated rings. The summed E-state index contributed by atoms with van der Waals surface area (Å²) in [6, 6.07) is 16.6. The summed E-state index contributed by atoms with van der Waals surface area (Å²) in [7, 11) is 0. The molecule has 0 radical (unpaired) electrons. The van der Waals surface area contributed by atoms with Crippen LogP contribution in [0.2, 0.25) is 0 Å². The van der Waals surface area contributed by atoms with Gasteiger partial charge in [-0.15, -0.1) is 0 Å². The fraction of sp³-hybridized carbons (Fsp3) is 0.519. The minimum absolute atomic E-state index is 0.0544. The van der Waals surface area contributed by atoms with Crippen LogP contribution in [0.15, 0.2) is 48.5 Å². The molecule has 5 nitrogen and oxygen atoms in total. The molecule has 2 heterocycles. The second-order valence-corrected chi connectivity index (χ2v) is 10.3. The normalized spacial score (nSPS) is 31.8. The van der Waals surface area contributed by atoms with Gasteiger partial charge in [-0.1, -0.05) is 36.4 Å². The number of carbonyl (C=O) groups is 1. The number of aliphatic hydroxyl groups is 1. The van der Waals surface area contributed by atoms with Gasteiger partial charge >= 0.3 is 0 Å². The minimum Gasteiger partial charge on any atom is -0.489 e. The topological polar surface area (TPSA) is 61.8 Å². The third kappa shape index (κ3) is 3.25. The zero-order valence-corrected chi connectivity index (χ0v) is 18.6. The molecule has 2 aliphatic heterocycles. The Hall–Kier alpha value is -2.37. The molecule has 3 atom stereocenters. The average molecular weight is 433 g/mol. The highest BCUT2D eigenvalue weighted by atomic mass is 16.5. The maximum Gasteiger partial charge on any atom is 0.221 e. The van der Waals surface area contributed by atoms with Crippen LogP contribution < -0.4 is 10.1 Å². The molecule has 32 heavy (non-hydrogen) atoms. The number of hydrogen-bond donors (Lipinski definition) is 2. The summed E-state index contributed by atoms with van der Waals surface area (Å²) in [6.45, 7) is 3.09. The summed E-state index contributed by atoms with van der Waals surface area (Å²) in [4.78, 5) is 15.3. The lowest BCUT2D eigenvalue weighted by Gasteiger charge is -2.61. The molecule has 5 heteroatoms. The fourth-order valence-corrected chi connectivity index (χ4v) is 6.53. The standard InChI is InChI=1S/C27H32N2O3/c30-25-16-26-11-13-29(17-19-6-7-19)24(27(26,31)10-12-28-25)14-21-8-9-22(15-23(21)26)32-18-20-4-2-1-3-5-20/h1-5,8-9,15,19,24,31H,6-7,10-14,16-18H2,(H,28,30). The van der Waals surface area contributed by atoms with Crippen LogP contribution in [0.3, 0.4) is 0 Å². The summed E-state index contributed by atoms with van der Waals surface area (Å²) >= 11 is 0. The van der Waals surface area contributed by atoms with E-state index < -0.39 is 11.0 Å². The number of nitrogens with zero attached hydrogens (tertiary/aromatic N) is 1. The van der Waals surface area contributed by atoms with Crippen LogP contribution in [0.25, 0.3) is 0 Å². The number of hydrogen-bond acceptors (Lipinski definition) is 4. The molecule has 0 aromatic heterocycles. The monoisotopic (exact) mass is 432 g/mol. The van der Waals surface area contributed by atoms with E-state index in [9.17, 15) is 9.90 Å². The molecule has 1 amide bonds. The molecule has 2 saturated heterocycles. The van der Waals surface area contributed by atoms with Gasteiger partial charge < -0.3 is 15.2 Å². The van der Waals surface area contributed by atoms with E-state index in [0.717, 1.165) is 48.7 Å². The van der Waals surface area contributed by atoms with Crippen LogP contribution in [0.5, 0.6) is 5.75 Å². The van der Waals surface area contributed by atoms with E-state index in [-0.39, 0.29) is 11.9 Å². The van der Waals surface area contributed by atoms with Gasteiger partial charge in [-0.3, -0.25) is 9.69 Å². The molecule has 4 aliphatic rings. The minimum atomic E-state index is -0.898. The van der Waals surface area contributed by atoms with Gasteiger partial charge in [0.1, 0.15) is 12.4 Å². The van der Waals surface area contributed by atoms with Crippen molar-refractivity contribution in [2.45, 2.75) is 62.2 Å². The van der Waals surface area contributed by atoms with Crippen LogP contribution in [-0.2, 0) is 23.2 Å². The Morgan fingerprint density at radius 1 is 1.12 bits per heavy atom. The van der Waals surface area contributed by atoms with Crippen molar-refractivity contribution in [3.63, 3.8) is 0 Å². The van der Waals surface area contributed by atoms with Gasteiger partial charge in [-0.25, -0.2) is 0 Å². The van der Waals surface area contributed by atoms with Crippen LogP contribution in [-0.4, -0.2) is 47.2 Å². The van der Waals surface area contributed by atoms with Crippen molar-refractivity contribution in [1.29, 1.82) is 0 Å². The van der Waals surface area contributed by atoms with Gasteiger partial charge in [0.25, 0.3) is 0 Å². The number of ether oxygens (including phenoxy) is 1. The van der Waals surface area contributed by atoms with Gasteiger partial charge in [-0.05, 0) is 73.4 Å². The van der Waals surface area contributed by atoms with Gasteiger partial charge in [0.05, 0.1) is 5.60 Å². The van der Waals surface area contributed by atoms with Gasteiger partial charge in [0, 0.05) is 31.0 Å². The van der Waals surface area contributed by atoms with E-state index in [1.54, 1.807) is 0 Å². The smallest absolute Gasteiger partial charge is 0.221 e. The maximum atomic E-state index is 12.8. The number of likely N-dealkylation sites (tertiary alicyclic amines) is 1. The third-order valence-electron chi connectivity index (χ3n) is 8.39. The van der Waals surface area contributed by atoms with Gasteiger partial charge in [0.2, 0.25) is 5.91 Å². The lowest BCUT2D eigenvalue weighted by atomic mass is 9.52. The fourth-order valence-electron chi connectivity index (χ4n) is 6.53. The number of fused-ring (bicyclic) bond motifs is 1. The lowest BCUT2D eigenvalue weighted by molar-refractivity contribution is -0.153. The van der Waals surface area contributed by atoms with E-state index >= 15 is 0 Å². The Bertz CT molecular complexity index is 1020. The predicted octanol–water partition coefficient (Wildman–Crippen LogP) is 3.18. The summed E-state index contributed by atoms with van der Waals surface area (Å²) in [5, 5.41) is 15.4. The Balaban J connectivity index is 1.38. The molecule has 168 valence electrons. The van der Waals surface area contributed by atoms with E-state index in [0.29, 0.717) is 26.0 Å². The van der Waals surface area contributed by atoms with E-state index in [1.165, 1.54) is 18.4 Å². The highest BCUT2D eigenvalue weighted by Crippen LogP contribution is 2.56. The number of piperidine rings is 1. The molecule has 3 unspecified atom stereocenters. The van der Waals surface area contributed by atoms with Crippen LogP contribution in [0.1, 0.15) is 48.8 Å². The SMILES string of the molecule is O=C1CC23CCN(CC4CC4)C(Cc4ccc(OCc5ccccc5)cc42)C3(O)CCN1. The van der Waals surface area contributed by atoms with Crippen molar-refractivity contribution >= 4 is 5.91 Å². The second kappa shape index (κ2) is 7.60. The highest BCUT2D eigenvalue weighted by molar-refractivity contribution is 5.79. The van der Waals surface area contributed by atoms with Crippen molar-refractivity contribution in [1.82, 2.24) is 10.2 Å². The first kappa shape index (κ1) is 20.3. The second-order valence-electron chi connectivity index (χ2n) is 10.3. The van der Waals surface area contributed by atoms with Crippen molar-refractivity contribution in [2.24, 2.45) is 5.92 Å². The molecule has 2 N–H and O–H groups in total. The molecule has 0 spiro atoms. The van der Waals surface area contributed by atoms with Gasteiger partial charge in [-0.2, -0.15) is 0 Å². The Labute approximate surface area is 189 Å². The maximum absolute atomic E-state index is 12.8. The average Bonchev–Trinajstić information content (AvgIpc) is 3.62. The molecule has 2 aromatic carbocycles. The highest BCUT2D eigenvalue weighted by Gasteiger charge is 2.64. The summed E-state index contributed by atoms with van der Waals surface area (Å²) in [5.74, 6) is 1.65. The number of amides is 1. The Morgan fingerprint density at radius 3 is 2.78 bits per heavy atom. The number of rotatable bonds is 5. The zero-order valence-electron chi connectivity index (χ0n) is 18.6. The Morgan fingerprint density at radius 2 is 1.97 bits per heavy atom. The quantitative estimate of drug-likeness (QED) is 0.762. The summed E-state index contributed by atoms with van der Waals surface area (Å²) < 4.78 is 6.15. The van der Waals surface area contributed by atoms with E-state index in [4.69, 9.17) is 4.74 Å². The van der Waals surface area contributed by atoms with Crippen molar-refractivity contribution < 1.29 is 14.6 Å². The lowest BCUT2D eigenvalue weighted by Crippen LogP contribution is -2.71. The van der Waals surface area contributed by atoms with E-state index in [1.807, 2.05) is 18.2 Å². The molecule has 2 bridgehead atoms. The van der Waals surface area contributed by atoms with Gasteiger partial charge in [0.15, 0.2) is 0 Å². The number of benzene rings is 2. The first-order valence-electron chi connectivity index (χ1n) is 12.1. The first-order valence-corrected chi connectivity index (χ1v) is 12.1. The van der Waals surface area contributed by atoms with E-state index in [2.05, 4.69) is 40.5 Å². The van der Waals surface area contributed by atoms with Crippen molar-refractivity contribution in [3.05, 3.63) is 65.2 Å². The third-order valence-corrected chi connectivity index (χ3v) is 8.39. The summed E-state index contributed by atoms with van der Waals surface area (Å²) in [6.07, 6.45) is 5.24. The van der Waals surface area contributed by atoms with Crippen LogP contribution in [0.4, 0.5) is 0 Å². The molecular formula is C27H32N2O3. The molecular weight excluding hydrogens is 400 g/mol. The number of carbonyl (C=O) groups excluding carboxylic acids is 1. The van der Waals surface area contributed by atoms with Crippen LogP contribution in [0, 0.1) is 5.92 Å². The number of nitrogens with one attached hydrogen (secondary N) is 1. The predicted molar refractivity (Wildman–Crippen MR) is 122 cm³/mol. The molecule has 2 aromatic rings. The van der Waals surface area contributed by atoms with Crippen molar-refractivity contribution in [2.75, 3.05) is 19.6 Å². The summed E-state index contributed by atoms with van der Waals surface area (Å²) in [5.41, 5.74) is 2.08. The Kier molecular flexibility index (Phi) is 4.81. The van der Waals surface area contributed by atoms with Crippen LogP contribution >= 0.6 is 0 Å². The zero-order chi connectivity index (χ0) is 21.8. The largest absolute Gasteiger partial charge is 0.489 e. The first-order chi connectivity index (χ1) is 15.6. The molecule has 6 rings (SSSR count).